The highest BCUT2D eigenvalue weighted by Crippen LogP contribution is 2.22. The molecule has 2 amide bonds. The Bertz CT molecular complexity index is 548. The highest BCUT2D eigenvalue weighted by molar-refractivity contribution is 8.00. The maximum atomic E-state index is 12.4. The van der Waals surface area contributed by atoms with Crippen LogP contribution >= 0.6 is 11.8 Å². The number of benzene rings is 1. The van der Waals surface area contributed by atoms with E-state index in [1.807, 2.05) is 18.2 Å². The van der Waals surface area contributed by atoms with E-state index < -0.39 is 0 Å². The molecule has 1 fully saturated rings. The Kier molecular flexibility index (Phi) is 8.07. The summed E-state index contributed by atoms with van der Waals surface area (Å²) in [6, 6.07) is 7.74. The number of hydrogen-bond donors (Lipinski definition) is 3. The summed E-state index contributed by atoms with van der Waals surface area (Å²) in [7, 11) is 1.59. The highest BCUT2D eigenvalue weighted by atomic mass is 32.2. The third-order valence-electron chi connectivity index (χ3n) is 3.79. The first-order chi connectivity index (χ1) is 11.7. The molecular weight excluding hydrogens is 326 g/mol. The number of carbonyl (C=O) groups excluding carboxylic acids is 2. The lowest BCUT2D eigenvalue weighted by Crippen LogP contribution is -2.37. The standard InChI is InChI=1S/C17H25N3O3S/c1-23-10-9-19-16(21)12-24-15-7-3-2-6-14(15)17(22)20-11-13-5-4-8-18-13/h2-3,6-7,13,18H,4-5,8-12H2,1H3,(H,19,21)(H,20,22). The number of ether oxygens (including phenoxy) is 1. The largest absolute Gasteiger partial charge is 0.383 e. The van der Waals surface area contributed by atoms with E-state index in [2.05, 4.69) is 16.0 Å². The summed E-state index contributed by atoms with van der Waals surface area (Å²) in [5, 5.41) is 9.11. The average Bonchev–Trinajstić information content (AvgIpc) is 3.12. The number of hydrogen-bond acceptors (Lipinski definition) is 5. The van der Waals surface area contributed by atoms with Crippen LogP contribution in [-0.2, 0) is 9.53 Å². The van der Waals surface area contributed by atoms with Crippen molar-refractivity contribution < 1.29 is 14.3 Å². The van der Waals surface area contributed by atoms with Gasteiger partial charge in [0.05, 0.1) is 17.9 Å². The van der Waals surface area contributed by atoms with E-state index in [1.54, 1.807) is 13.2 Å². The van der Waals surface area contributed by atoms with Gasteiger partial charge in [0.15, 0.2) is 0 Å². The summed E-state index contributed by atoms with van der Waals surface area (Å²) in [6.07, 6.45) is 2.25. The van der Waals surface area contributed by atoms with Crippen molar-refractivity contribution in [1.82, 2.24) is 16.0 Å². The second-order valence-corrected chi connectivity index (χ2v) is 6.65. The van der Waals surface area contributed by atoms with Crippen molar-refractivity contribution in [3.8, 4) is 0 Å². The fourth-order valence-corrected chi connectivity index (χ4v) is 3.39. The summed E-state index contributed by atoms with van der Waals surface area (Å²) in [5.74, 6) is 0.118. The molecule has 1 saturated heterocycles. The topological polar surface area (TPSA) is 79.5 Å². The molecule has 0 saturated carbocycles. The van der Waals surface area contributed by atoms with Gasteiger partial charge in [-0.15, -0.1) is 11.8 Å². The van der Waals surface area contributed by atoms with Crippen LogP contribution in [0.4, 0.5) is 0 Å². The van der Waals surface area contributed by atoms with E-state index >= 15 is 0 Å². The molecule has 6 nitrogen and oxygen atoms in total. The number of thioether (sulfide) groups is 1. The molecule has 2 rings (SSSR count). The number of nitrogens with one attached hydrogen (secondary N) is 3. The molecule has 1 aliphatic heterocycles. The molecule has 0 aliphatic carbocycles. The first-order valence-corrected chi connectivity index (χ1v) is 9.18. The lowest BCUT2D eigenvalue weighted by atomic mass is 10.2. The molecule has 0 aromatic heterocycles. The minimum Gasteiger partial charge on any atom is -0.383 e. The van der Waals surface area contributed by atoms with Crippen LogP contribution < -0.4 is 16.0 Å². The van der Waals surface area contributed by atoms with Crippen molar-refractivity contribution in [3.63, 3.8) is 0 Å². The van der Waals surface area contributed by atoms with Gasteiger partial charge >= 0.3 is 0 Å². The van der Waals surface area contributed by atoms with Gasteiger partial charge in [-0.05, 0) is 31.5 Å². The summed E-state index contributed by atoms with van der Waals surface area (Å²) >= 11 is 1.37. The first-order valence-electron chi connectivity index (χ1n) is 8.19. The lowest BCUT2D eigenvalue weighted by molar-refractivity contribution is -0.118. The normalized spacial score (nSPS) is 16.8. The minimum absolute atomic E-state index is 0.0672. The van der Waals surface area contributed by atoms with E-state index in [0.29, 0.717) is 31.3 Å². The smallest absolute Gasteiger partial charge is 0.252 e. The summed E-state index contributed by atoms with van der Waals surface area (Å²) in [5.41, 5.74) is 0.616. The predicted molar refractivity (Wildman–Crippen MR) is 95.4 cm³/mol. The van der Waals surface area contributed by atoms with Crippen LogP contribution in [0.2, 0.25) is 0 Å². The third kappa shape index (κ3) is 6.14. The molecule has 24 heavy (non-hydrogen) atoms. The SMILES string of the molecule is COCCNC(=O)CSc1ccccc1C(=O)NCC1CCCN1. The maximum Gasteiger partial charge on any atom is 0.252 e. The van der Waals surface area contributed by atoms with Gasteiger partial charge in [0.1, 0.15) is 0 Å². The second kappa shape index (κ2) is 10.3. The fourth-order valence-electron chi connectivity index (χ4n) is 2.51. The summed E-state index contributed by atoms with van der Waals surface area (Å²) in [6.45, 7) is 2.64. The van der Waals surface area contributed by atoms with Crippen molar-refractivity contribution in [3.05, 3.63) is 29.8 Å². The molecular formula is C17H25N3O3S. The van der Waals surface area contributed by atoms with Crippen LogP contribution in [0.15, 0.2) is 29.2 Å². The van der Waals surface area contributed by atoms with E-state index in [9.17, 15) is 9.59 Å². The quantitative estimate of drug-likeness (QED) is 0.457. The highest BCUT2D eigenvalue weighted by Gasteiger charge is 2.17. The van der Waals surface area contributed by atoms with Gasteiger partial charge in [0.25, 0.3) is 5.91 Å². The number of rotatable bonds is 9. The van der Waals surface area contributed by atoms with E-state index in [0.717, 1.165) is 24.3 Å². The van der Waals surface area contributed by atoms with Gasteiger partial charge in [0, 0.05) is 31.1 Å². The molecule has 0 radical (unpaired) electrons. The van der Waals surface area contributed by atoms with E-state index in [1.165, 1.54) is 11.8 Å². The first kappa shape index (κ1) is 18.8. The summed E-state index contributed by atoms with van der Waals surface area (Å²) in [4.78, 5) is 25.0. The Labute approximate surface area is 147 Å². The number of methoxy groups -OCH3 is 1. The molecule has 1 aromatic rings. The van der Waals surface area contributed by atoms with Gasteiger partial charge in [-0.2, -0.15) is 0 Å². The molecule has 3 N–H and O–H groups in total. The zero-order chi connectivity index (χ0) is 17.2. The molecule has 0 spiro atoms. The average molecular weight is 351 g/mol. The number of carbonyl (C=O) groups is 2. The number of amides is 2. The Morgan fingerprint density at radius 2 is 2.17 bits per heavy atom. The van der Waals surface area contributed by atoms with Crippen molar-refractivity contribution in [2.24, 2.45) is 0 Å². The van der Waals surface area contributed by atoms with Crippen LogP contribution in [-0.4, -0.2) is 57.0 Å². The van der Waals surface area contributed by atoms with Gasteiger partial charge in [0.2, 0.25) is 5.91 Å². The second-order valence-electron chi connectivity index (χ2n) is 5.63. The zero-order valence-electron chi connectivity index (χ0n) is 14.0. The molecule has 7 heteroatoms. The van der Waals surface area contributed by atoms with Crippen LogP contribution in [0.5, 0.6) is 0 Å². The summed E-state index contributed by atoms with van der Waals surface area (Å²) < 4.78 is 4.90. The van der Waals surface area contributed by atoms with Crippen molar-refractivity contribution in [2.75, 3.05) is 39.1 Å². The molecule has 132 valence electrons. The predicted octanol–water partition coefficient (Wildman–Crippen LogP) is 1.02. The van der Waals surface area contributed by atoms with Gasteiger partial charge in [-0.1, -0.05) is 12.1 Å². The zero-order valence-corrected chi connectivity index (χ0v) is 14.8. The Balaban J connectivity index is 1.84. The minimum atomic E-state index is -0.0911. The molecule has 1 aromatic carbocycles. The molecule has 1 atom stereocenters. The van der Waals surface area contributed by atoms with Crippen LogP contribution in [0.1, 0.15) is 23.2 Å². The van der Waals surface area contributed by atoms with Crippen LogP contribution in [0.25, 0.3) is 0 Å². The van der Waals surface area contributed by atoms with Crippen molar-refractivity contribution in [1.29, 1.82) is 0 Å². The lowest BCUT2D eigenvalue weighted by Gasteiger charge is -2.13. The molecule has 1 heterocycles. The monoisotopic (exact) mass is 351 g/mol. The molecule has 0 bridgehead atoms. The fraction of sp³-hybridized carbons (Fsp3) is 0.529. The van der Waals surface area contributed by atoms with E-state index in [-0.39, 0.29) is 17.6 Å². The van der Waals surface area contributed by atoms with Gasteiger partial charge in [-0.3, -0.25) is 9.59 Å². The van der Waals surface area contributed by atoms with Crippen molar-refractivity contribution in [2.45, 2.75) is 23.8 Å². The Morgan fingerprint density at radius 3 is 2.92 bits per heavy atom. The molecule has 1 unspecified atom stereocenters. The van der Waals surface area contributed by atoms with Crippen LogP contribution in [0, 0.1) is 0 Å². The maximum absolute atomic E-state index is 12.4. The molecule has 1 aliphatic rings. The third-order valence-corrected chi connectivity index (χ3v) is 4.86. The van der Waals surface area contributed by atoms with Gasteiger partial charge < -0.3 is 20.7 Å². The van der Waals surface area contributed by atoms with E-state index in [4.69, 9.17) is 4.74 Å². The van der Waals surface area contributed by atoms with Gasteiger partial charge in [-0.25, -0.2) is 0 Å². The Morgan fingerprint density at radius 1 is 1.33 bits per heavy atom. The van der Waals surface area contributed by atoms with Crippen molar-refractivity contribution >= 4 is 23.6 Å². The Hall–Kier alpha value is -1.57. The van der Waals surface area contributed by atoms with Crippen LogP contribution in [0.3, 0.4) is 0 Å².